The number of ether oxygens (including phenoxy) is 3. The van der Waals surface area contributed by atoms with Crippen LogP contribution in [0.4, 0.5) is 0 Å². The van der Waals surface area contributed by atoms with Crippen molar-refractivity contribution in [2.75, 3.05) is 44.9 Å². The van der Waals surface area contributed by atoms with Gasteiger partial charge < -0.3 is 24.1 Å². The summed E-state index contributed by atoms with van der Waals surface area (Å²) in [6.45, 7) is 4.48. The van der Waals surface area contributed by atoms with Crippen LogP contribution in [0.15, 0.2) is 42.9 Å². The summed E-state index contributed by atoms with van der Waals surface area (Å²) in [6, 6.07) is 9.53. The van der Waals surface area contributed by atoms with Crippen LogP contribution in [-0.4, -0.2) is 73.1 Å². The molecule has 0 aliphatic carbocycles. The number of benzene rings is 2. The zero-order valence-corrected chi connectivity index (χ0v) is 20.6. The third kappa shape index (κ3) is 5.18. The average molecular weight is 497 g/mol. The monoisotopic (exact) mass is 496 g/mol. The number of aryl methyl sites for hydroxylation is 1. The average Bonchev–Trinajstić information content (AvgIpc) is 3.22. The van der Waals surface area contributed by atoms with Crippen LogP contribution < -0.4 is 14.2 Å². The van der Waals surface area contributed by atoms with E-state index in [-0.39, 0.29) is 11.5 Å². The third-order valence-electron chi connectivity index (χ3n) is 6.27. The van der Waals surface area contributed by atoms with Crippen LogP contribution in [0.1, 0.15) is 12.0 Å². The minimum Gasteiger partial charge on any atom is -0.493 e. The van der Waals surface area contributed by atoms with E-state index in [4.69, 9.17) is 14.2 Å². The van der Waals surface area contributed by atoms with Crippen LogP contribution in [-0.2, 0) is 9.84 Å². The molecule has 0 amide bonds. The van der Waals surface area contributed by atoms with Crippen molar-refractivity contribution in [2.24, 2.45) is 0 Å². The van der Waals surface area contributed by atoms with Crippen LogP contribution in [0, 0.1) is 6.92 Å². The summed E-state index contributed by atoms with van der Waals surface area (Å²) in [4.78, 5) is 14.1. The fraction of sp³-hybridized carbons (Fsp3) is 0.360. The highest BCUT2D eigenvalue weighted by Gasteiger charge is 2.21. The van der Waals surface area contributed by atoms with E-state index in [0.29, 0.717) is 48.3 Å². The molecular weight excluding hydrogens is 468 g/mol. The van der Waals surface area contributed by atoms with Crippen molar-refractivity contribution in [3.05, 3.63) is 48.4 Å². The van der Waals surface area contributed by atoms with Gasteiger partial charge in [-0.05, 0) is 43.2 Å². The van der Waals surface area contributed by atoms with Crippen molar-refractivity contribution in [1.82, 2.24) is 19.9 Å². The van der Waals surface area contributed by atoms with Crippen molar-refractivity contribution in [1.29, 1.82) is 0 Å². The summed E-state index contributed by atoms with van der Waals surface area (Å²) in [5.41, 5.74) is 2.88. The lowest BCUT2D eigenvalue weighted by Gasteiger charge is -2.26. The molecular formula is C25H28N4O5S. The lowest BCUT2D eigenvalue weighted by Crippen LogP contribution is -2.40. The van der Waals surface area contributed by atoms with E-state index in [2.05, 4.69) is 19.9 Å². The number of hydrogen-bond donors (Lipinski definition) is 1. The summed E-state index contributed by atoms with van der Waals surface area (Å²) >= 11 is 0. The van der Waals surface area contributed by atoms with Gasteiger partial charge in [0, 0.05) is 42.8 Å². The number of fused-ring (bicyclic) bond motifs is 2. The van der Waals surface area contributed by atoms with Crippen LogP contribution >= 0.6 is 0 Å². The van der Waals surface area contributed by atoms with Gasteiger partial charge in [0.15, 0.2) is 21.3 Å². The Kier molecular flexibility index (Phi) is 6.48. The number of nitrogens with one attached hydrogen (secondary N) is 1. The summed E-state index contributed by atoms with van der Waals surface area (Å²) < 4.78 is 40.9. The molecule has 1 N–H and O–H groups in total. The Morgan fingerprint density at radius 2 is 1.89 bits per heavy atom. The molecule has 0 unspecified atom stereocenters. The van der Waals surface area contributed by atoms with E-state index < -0.39 is 9.84 Å². The van der Waals surface area contributed by atoms with Gasteiger partial charge in [0.05, 0.1) is 36.1 Å². The molecule has 1 aliphatic rings. The van der Waals surface area contributed by atoms with Gasteiger partial charge in [-0.25, -0.2) is 18.4 Å². The standard InChI is InChI=1S/C25H28N4O5S/c1-17-15-26-21-5-4-18(12-19(17)21)34-25-20-13-23(32-2)24(14-22(20)27-16-28-25)33-9-3-6-29-7-10-35(30,31)11-8-29/h4-5,12-16,26H,3,6-11H2,1-2H3. The molecule has 1 fully saturated rings. The maximum atomic E-state index is 11.6. The molecule has 2 aromatic carbocycles. The molecule has 0 saturated carbocycles. The fourth-order valence-electron chi connectivity index (χ4n) is 4.25. The third-order valence-corrected chi connectivity index (χ3v) is 7.88. The molecule has 0 spiro atoms. The van der Waals surface area contributed by atoms with E-state index in [1.54, 1.807) is 7.11 Å². The topological polar surface area (TPSA) is 107 Å². The minimum atomic E-state index is -2.86. The predicted molar refractivity (Wildman–Crippen MR) is 134 cm³/mol. The van der Waals surface area contributed by atoms with Crippen molar-refractivity contribution < 1.29 is 22.6 Å². The van der Waals surface area contributed by atoms with E-state index >= 15 is 0 Å². The molecule has 1 saturated heterocycles. The predicted octanol–water partition coefficient (Wildman–Crippen LogP) is 3.72. The number of aromatic nitrogens is 3. The van der Waals surface area contributed by atoms with Crippen LogP contribution in [0.3, 0.4) is 0 Å². The normalized spacial score (nSPS) is 15.9. The Labute approximate surface area is 204 Å². The maximum Gasteiger partial charge on any atom is 0.230 e. The van der Waals surface area contributed by atoms with E-state index in [1.165, 1.54) is 6.33 Å². The number of hydrogen-bond acceptors (Lipinski definition) is 8. The molecule has 4 aromatic rings. The molecule has 2 aromatic heterocycles. The summed E-state index contributed by atoms with van der Waals surface area (Å²) in [5.74, 6) is 2.75. The first kappa shape index (κ1) is 23.4. The van der Waals surface area contributed by atoms with E-state index in [1.807, 2.05) is 43.5 Å². The van der Waals surface area contributed by atoms with Crippen LogP contribution in [0.5, 0.6) is 23.1 Å². The first-order valence-corrected chi connectivity index (χ1v) is 13.4. The molecule has 184 valence electrons. The number of nitrogens with zero attached hydrogens (tertiary/aromatic N) is 3. The molecule has 5 rings (SSSR count). The number of sulfone groups is 1. The summed E-state index contributed by atoms with van der Waals surface area (Å²) in [5, 5.41) is 1.82. The second-order valence-corrected chi connectivity index (χ2v) is 11.0. The van der Waals surface area contributed by atoms with Crippen molar-refractivity contribution in [3.8, 4) is 23.1 Å². The highest BCUT2D eigenvalue weighted by atomic mass is 32.2. The van der Waals surface area contributed by atoms with Crippen molar-refractivity contribution in [2.45, 2.75) is 13.3 Å². The molecule has 1 aliphatic heterocycles. The van der Waals surface area contributed by atoms with Gasteiger partial charge in [-0.1, -0.05) is 0 Å². The van der Waals surface area contributed by atoms with Gasteiger partial charge in [-0.2, -0.15) is 0 Å². The first-order chi connectivity index (χ1) is 16.9. The first-order valence-electron chi connectivity index (χ1n) is 11.6. The van der Waals surface area contributed by atoms with Crippen molar-refractivity contribution >= 4 is 31.6 Å². The fourth-order valence-corrected chi connectivity index (χ4v) is 5.53. The Bertz CT molecular complexity index is 1450. The lowest BCUT2D eigenvalue weighted by atomic mass is 10.2. The second-order valence-electron chi connectivity index (χ2n) is 8.68. The van der Waals surface area contributed by atoms with E-state index in [9.17, 15) is 8.42 Å². The van der Waals surface area contributed by atoms with E-state index in [0.717, 1.165) is 34.8 Å². The highest BCUT2D eigenvalue weighted by Crippen LogP contribution is 2.36. The smallest absolute Gasteiger partial charge is 0.230 e. The van der Waals surface area contributed by atoms with Crippen LogP contribution in [0.2, 0.25) is 0 Å². The number of methoxy groups -OCH3 is 1. The van der Waals surface area contributed by atoms with Gasteiger partial charge in [0.2, 0.25) is 5.88 Å². The minimum absolute atomic E-state index is 0.231. The summed E-state index contributed by atoms with van der Waals surface area (Å²) in [7, 11) is -1.27. The number of aromatic amines is 1. The number of H-pyrrole nitrogens is 1. The SMILES string of the molecule is COc1cc2c(Oc3ccc4[nH]cc(C)c4c3)ncnc2cc1OCCCN1CCS(=O)(=O)CC1. The van der Waals surface area contributed by atoms with Gasteiger partial charge in [0.1, 0.15) is 12.1 Å². The van der Waals surface area contributed by atoms with Gasteiger partial charge >= 0.3 is 0 Å². The second kappa shape index (κ2) is 9.71. The largest absolute Gasteiger partial charge is 0.493 e. The van der Waals surface area contributed by atoms with Crippen molar-refractivity contribution in [3.63, 3.8) is 0 Å². The molecule has 0 radical (unpaired) electrons. The lowest BCUT2D eigenvalue weighted by molar-refractivity contribution is 0.240. The Morgan fingerprint density at radius 3 is 2.69 bits per heavy atom. The molecule has 0 atom stereocenters. The van der Waals surface area contributed by atoms with Crippen LogP contribution in [0.25, 0.3) is 21.8 Å². The zero-order chi connectivity index (χ0) is 24.4. The molecule has 35 heavy (non-hydrogen) atoms. The highest BCUT2D eigenvalue weighted by molar-refractivity contribution is 7.91. The molecule has 10 heteroatoms. The van der Waals surface area contributed by atoms with Gasteiger partial charge in [-0.3, -0.25) is 0 Å². The molecule has 0 bridgehead atoms. The Morgan fingerprint density at radius 1 is 1.06 bits per heavy atom. The summed E-state index contributed by atoms with van der Waals surface area (Å²) in [6.07, 6.45) is 4.22. The van der Waals surface area contributed by atoms with Gasteiger partial charge in [-0.15, -0.1) is 0 Å². The quantitative estimate of drug-likeness (QED) is 0.368. The molecule has 9 nitrogen and oxygen atoms in total. The zero-order valence-electron chi connectivity index (χ0n) is 19.8. The Balaban J connectivity index is 1.29. The molecule has 3 heterocycles. The number of rotatable bonds is 8. The Hall–Kier alpha value is -3.37. The maximum absolute atomic E-state index is 11.6. The van der Waals surface area contributed by atoms with Gasteiger partial charge in [0.25, 0.3) is 0 Å².